The molecule has 1 aromatic rings. The van der Waals surface area contributed by atoms with Crippen molar-refractivity contribution in [3.05, 3.63) is 29.8 Å². The summed E-state index contributed by atoms with van der Waals surface area (Å²) in [5, 5.41) is 2.77. The van der Waals surface area contributed by atoms with Gasteiger partial charge in [-0.1, -0.05) is 12.1 Å². The van der Waals surface area contributed by atoms with E-state index >= 15 is 0 Å². The highest BCUT2D eigenvalue weighted by Gasteiger charge is 2.06. The Morgan fingerprint density at radius 2 is 2.14 bits per heavy atom. The zero-order valence-corrected chi connectivity index (χ0v) is 8.76. The highest BCUT2D eigenvalue weighted by molar-refractivity contribution is 7.80. The van der Waals surface area contributed by atoms with Crippen molar-refractivity contribution in [1.29, 1.82) is 0 Å². The molecule has 0 aliphatic rings. The molecule has 1 rings (SSSR count). The molecule has 0 fully saturated rings. The third-order valence-electron chi connectivity index (χ3n) is 1.82. The number of carbonyl (C=O) groups is 1. The summed E-state index contributed by atoms with van der Waals surface area (Å²) >= 11 is 4.20. The summed E-state index contributed by atoms with van der Waals surface area (Å²) in [5.41, 5.74) is 5.92. The Morgan fingerprint density at radius 1 is 1.43 bits per heavy atom. The first kappa shape index (κ1) is 11.1. The fourth-order valence-corrected chi connectivity index (χ4v) is 1.33. The van der Waals surface area contributed by atoms with Crippen molar-refractivity contribution in [2.45, 2.75) is 11.3 Å². The number of hydrogen-bond acceptors (Lipinski definition) is 3. The van der Waals surface area contributed by atoms with Gasteiger partial charge < -0.3 is 11.1 Å². The molecule has 14 heavy (non-hydrogen) atoms. The minimum atomic E-state index is -0.0935. The number of nitrogens with two attached hydrogens (primary N) is 1. The molecule has 3 N–H and O–H groups in total. The van der Waals surface area contributed by atoms with Crippen LogP contribution in [0.3, 0.4) is 0 Å². The number of benzene rings is 1. The predicted molar refractivity (Wildman–Crippen MR) is 59.7 cm³/mol. The highest BCUT2D eigenvalue weighted by Crippen LogP contribution is 2.12. The lowest BCUT2D eigenvalue weighted by Gasteiger charge is -2.05. The van der Waals surface area contributed by atoms with Gasteiger partial charge in [0.15, 0.2) is 0 Å². The van der Waals surface area contributed by atoms with Crippen molar-refractivity contribution in [3.8, 4) is 0 Å². The van der Waals surface area contributed by atoms with Crippen molar-refractivity contribution >= 4 is 18.5 Å². The lowest BCUT2D eigenvalue weighted by Crippen LogP contribution is -2.26. The van der Waals surface area contributed by atoms with E-state index in [-0.39, 0.29) is 5.91 Å². The van der Waals surface area contributed by atoms with Crippen molar-refractivity contribution in [3.63, 3.8) is 0 Å². The molecule has 0 radical (unpaired) electrons. The minimum absolute atomic E-state index is 0.0935. The van der Waals surface area contributed by atoms with Crippen LogP contribution in [0, 0.1) is 0 Å². The maximum absolute atomic E-state index is 11.5. The van der Waals surface area contributed by atoms with Crippen LogP contribution in [0.1, 0.15) is 16.8 Å². The molecule has 0 unspecified atom stereocenters. The zero-order chi connectivity index (χ0) is 10.4. The molecule has 1 amide bonds. The Hall–Kier alpha value is -1.00. The lowest BCUT2D eigenvalue weighted by molar-refractivity contribution is 0.0950. The van der Waals surface area contributed by atoms with Crippen LogP contribution in [0.25, 0.3) is 0 Å². The van der Waals surface area contributed by atoms with Gasteiger partial charge in [0.05, 0.1) is 5.56 Å². The Morgan fingerprint density at radius 3 is 2.79 bits per heavy atom. The van der Waals surface area contributed by atoms with Crippen molar-refractivity contribution < 1.29 is 4.79 Å². The molecule has 0 aliphatic heterocycles. The normalized spacial score (nSPS) is 9.86. The summed E-state index contributed by atoms with van der Waals surface area (Å²) in [6.07, 6.45) is 0.792. The second-order valence-corrected chi connectivity index (χ2v) is 3.40. The molecule has 4 heteroatoms. The molecule has 0 saturated heterocycles. The van der Waals surface area contributed by atoms with Crippen LogP contribution in [0.5, 0.6) is 0 Å². The molecule has 0 bridgehead atoms. The molecule has 76 valence electrons. The summed E-state index contributed by atoms with van der Waals surface area (Å²) in [7, 11) is 0. The monoisotopic (exact) mass is 210 g/mol. The van der Waals surface area contributed by atoms with Gasteiger partial charge in [0.25, 0.3) is 5.91 Å². The topological polar surface area (TPSA) is 55.1 Å². The van der Waals surface area contributed by atoms with Crippen LogP contribution in [0.2, 0.25) is 0 Å². The van der Waals surface area contributed by atoms with Gasteiger partial charge in [-0.25, -0.2) is 0 Å². The van der Waals surface area contributed by atoms with Gasteiger partial charge in [0.2, 0.25) is 0 Å². The number of nitrogens with one attached hydrogen (secondary N) is 1. The molecule has 0 atom stereocenters. The second-order valence-electron chi connectivity index (χ2n) is 2.92. The van der Waals surface area contributed by atoms with Crippen LogP contribution in [0.15, 0.2) is 29.2 Å². The third-order valence-corrected chi connectivity index (χ3v) is 2.21. The highest BCUT2D eigenvalue weighted by atomic mass is 32.1. The first-order chi connectivity index (χ1) is 6.75. The Bertz CT molecular complexity index is 315. The van der Waals surface area contributed by atoms with Gasteiger partial charge in [-0.05, 0) is 25.1 Å². The van der Waals surface area contributed by atoms with Gasteiger partial charge in [-0.2, -0.15) is 0 Å². The van der Waals surface area contributed by atoms with Gasteiger partial charge in [-0.15, -0.1) is 12.6 Å². The number of thiol groups is 1. The number of carbonyl (C=O) groups excluding carboxylic acids is 1. The summed E-state index contributed by atoms with van der Waals surface area (Å²) in [4.78, 5) is 12.2. The quantitative estimate of drug-likeness (QED) is 0.514. The summed E-state index contributed by atoms with van der Waals surface area (Å²) < 4.78 is 0. The first-order valence-corrected chi connectivity index (χ1v) is 4.96. The van der Waals surface area contributed by atoms with Crippen molar-refractivity contribution in [2.24, 2.45) is 5.73 Å². The molecule has 0 heterocycles. The number of hydrogen-bond donors (Lipinski definition) is 3. The van der Waals surface area contributed by atoms with Gasteiger partial charge in [-0.3, -0.25) is 4.79 Å². The fourth-order valence-electron chi connectivity index (χ4n) is 1.06. The zero-order valence-electron chi connectivity index (χ0n) is 7.86. The van der Waals surface area contributed by atoms with Crippen LogP contribution >= 0.6 is 12.6 Å². The van der Waals surface area contributed by atoms with E-state index in [1.54, 1.807) is 12.1 Å². The van der Waals surface area contributed by atoms with Crippen LogP contribution < -0.4 is 11.1 Å². The van der Waals surface area contributed by atoms with Gasteiger partial charge in [0, 0.05) is 11.4 Å². The van der Waals surface area contributed by atoms with E-state index < -0.39 is 0 Å². The average Bonchev–Trinajstić information content (AvgIpc) is 2.18. The molecule has 1 aromatic carbocycles. The first-order valence-electron chi connectivity index (χ1n) is 4.52. The minimum Gasteiger partial charge on any atom is -0.352 e. The summed E-state index contributed by atoms with van der Waals surface area (Å²) in [6, 6.07) is 7.21. The van der Waals surface area contributed by atoms with Crippen LogP contribution in [0.4, 0.5) is 0 Å². The predicted octanol–water partition coefficient (Wildman–Crippen LogP) is 1.05. The van der Waals surface area contributed by atoms with Crippen LogP contribution in [-0.4, -0.2) is 19.0 Å². The molecule has 3 nitrogen and oxygen atoms in total. The SMILES string of the molecule is NCCCNC(=O)c1ccccc1S. The van der Waals surface area contributed by atoms with Crippen molar-refractivity contribution in [1.82, 2.24) is 5.32 Å². The van der Waals surface area contributed by atoms with Gasteiger partial charge >= 0.3 is 0 Å². The smallest absolute Gasteiger partial charge is 0.252 e. The fraction of sp³-hybridized carbons (Fsp3) is 0.300. The largest absolute Gasteiger partial charge is 0.352 e. The maximum Gasteiger partial charge on any atom is 0.252 e. The van der Waals surface area contributed by atoms with E-state index in [9.17, 15) is 4.79 Å². The summed E-state index contributed by atoms with van der Waals surface area (Å²) in [6.45, 7) is 1.19. The Kier molecular flexibility index (Phi) is 4.49. The Balaban J connectivity index is 2.56. The molecular formula is C10H14N2OS. The van der Waals surface area contributed by atoms with E-state index in [4.69, 9.17) is 5.73 Å². The van der Waals surface area contributed by atoms with E-state index in [0.29, 0.717) is 23.5 Å². The second kappa shape index (κ2) is 5.67. The van der Waals surface area contributed by atoms with E-state index in [0.717, 1.165) is 6.42 Å². The van der Waals surface area contributed by atoms with E-state index in [1.165, 1.54) is 0 Å². The summed E-state index contributed by atoms with van der Waals surface area (Å²) in [5.74, 6) is -0.0935. The van der Waals surface area contributed by atoms with E-state index in [2.05, 4.69) is 17.9 Å². The Labute approximate surface area is 89.1 Å². The lowest BCUT2D eigenvalue weighted by atomic mass is 10.2. The van der Waals surface area contributed by atoms with E-state index in [1.807, 2.05) is 12.1 Å². The molecule has 0 aliphatic carbocycles. The molecular weight excluding hydrogens is 196 g/mol. The molecule has 0 saturated carbocycles. The molecule has 0 aromatic heterocycles. The van der Waals surface area contributed by atoms with Gasteiger partial charge in [0.1, 0.15) is 0 Å². The van der Waals surface area contributed by atoms with Crippen molar-refractivity contribution in [2.75, 3.05) is 13.1 Å². The average molecular weight is 210 g/mol. The number of rotatable bonds is 4. The maximum atomic E-state index is 11.5. The number of amides is 1. The standard InChI is InChI=1S/C10H14N2OS/c11-6-3-7-12-10(13)8-4-1-2-5-9(8)14/h1-2,4-5,14H,3,6-7,11H2,(H,12,13). The van der Waals surface area contributed by atoms with Crippen LogP contribution in [-0.2, 0) is 0 Å². The molecule has 0 spiro atoms. The third kappa shape index (κ3) is 3.05.